The van der Waals surface area contributed by atoms with Crippen LogP contribution in [0.4, 0.5) is 8.78 Å². The van der Waals surface area contributed by atoms with Gasteiger partial charge in [-0.05, 0) is 13.0 Å². The molecule has 0 aromatic carbocycles. The number of hydrogen-bond donors (Lipinski definition) is 0. The summed E-state index contributed by atoms with van der Waals surface area (Å²) < 4.78 is 35.5. The van der Waals surface area contributed by atoms with Crippen molar-refractivity contribution < 1.29 is 27.8 Å². The Hall–Kier alpha value is -2.12. The highest BCUT2D eigenvalue weighted by atomic mass is 19.3. The van der Waals surface area contributed by atoms with E-state index in [1.54, 1.807) is 0 Å². The number of hydrogen-bond acceptors (Lipinski definition) is 6. The number of ketones is 1. The number of alkyl halides is 2. The van der Waals surface area contributed by atoms with Gasteiger partial charge in [0, 0.05) is 6.07 Å². The summed E-state index contributed by atoms with van der Waals surface area (Å²) in [7, 11) is 1.30. The van der Waals surface area contributed by atoms with Gasteiger partial charge in [0.15, 0.2) is 0 Å². The van der Waals surface area contributed by atoms with Crippen molar-refractivity contribution in [2.45, 2.75) is 12.8 Å². The SMILES string of the molecule is CCOC(=O)C(F)(F)C(=O)c1ccc(OC)nn1. The van der Waals surface area contributed by atoms with Crippen molar-refractivity contribution in [3.05, 3.63) is 17.8 Å². The molecule has 0 radical (unpaired) electrons. The van der Waals surface area contributed by atoms with E-state index >= 15 is 0 Å². The Morgan fingerprint density at radius 2 is 2.00 bits per heavy atom. The van der Waals surface area contributed by atoms with Crippen molar-refractivity contribution in [1.29, 1.82) is 0 Å². The molecular formula is C10H10F2N2O4. The molecule has 0 aliphatic rings. The van der Waals surface area contributed by atoms with Crippen LogP contribution in [0.15, 0.2) is 12.1 Å². The minimum Gasteiger partial charge on any atom is -0.480 e. The molecule has 0 unspecified atom stereocenters. The van der Waals surface area contributed by atoms with Crippen LogP contribution in [0, 0.1) is 0 Å². The van der Waals surface area contributed by atoms with Crippen molar-refractivity contribution >= 4 is 11.8 Å². The fourth-order valence-electron chi connectivity index (χ4n) is 1.03. The normalized spacial score (nSPS) is 10.9. The van der Waals surface area contributed by atoms with Gasteiger partial charge in [0.1, 0.15) is 5.69 Å². The summed E-state index contributed by atoms with van der Waals surface area (Å²) in [6.07, 6.45) is 0. The predicted octanol–water partition coefficient (Wildman–Crippen LogP) is 0.866. The predicted molar refractivity (Wildman–Crippen MR) is 54.5 cm³/mol. The van der Waals surface area contributed by atoms with E-state index in [-0.39, 0.29) is 12.5 Å². The monoisotopic (exact) mass is 260 g/mol. The highest BCUT2D eigenvalue weighted by Crippen LogP contribution is 2.21. The summed E-state index contributed by atoms with van der Waals surface area (Å²) in [4.78, 5) is 22.3. The number of Topliss-reactive ketones (excluding diaryl/α,β-unsaturated/α-hetero) is 1. The molecule has 6 nitrogen and oxygen atoms in total. The van der Waals surface area contributed by atoms with Gasteiger partial charge in [-0.15, -0.1) is 10.2 Å². The Bertz CT molecular complexity index is 448. The van der Waals surface area contributed by atoms with Crippen LogP contribution in [-0.4, -0.2) is 41.6 Å². The van der Waals surface area contributed by atoms with Crippen molar-refractivity contribution in [2.24, 2.45) is 0 Å². The van der Waals surface area contributed by atoms with Crippen LogP contribution in [0.2, 0.25) is 0 Å². The van der Waals surface area contributed by atoms with Crippen molar-refractivity contribution in [1.82, 2.24) is 10.2 Å². The third-order valence-electron chi connectivity index (χ3n) is 1.90. The molecule has 0 bridgehead atoms. The third kappa shape index (κ3) is 2.76. The number of halogens is 2. The minimum atomic E-state index is -4.28. The summed E-state index contributed by atoms with van der Waals surface area (Å²) in [5, 5.41) is 6.60. The third-order valence-corrected chi connectivity index (χ3v) is 1.90. The van der Waals surface area contributed by atoms with Gasteiger partial charge in [0.2, 0.25) is 5.88 Å². The van der Waals surface area contributed by atoms with Crippen LogP contribution in [0.3, 0.4) is 0 Å². The summed E-state index contributed by atoms with van der Waals surface area (Å²) in [5.74, 6) is -7.89. The van der Waals surface area contributed by atoms with Crippen LogP contribution in [0.5, 0.6) is 5.88 Å². The fraction of sp³-hybridized carbons (Fsp3) is 0.400. The summed E-state index contributed by atoms with van der Waals surface area (Å²) in [6.45, 7) is 1.10. The molecule has 0 saturated carbocycles. The maximum atomic E-state index is 13.3. The molecule has 0 N–H and O–H groups in total. The second kappa shape index (κ2) is 5.48. The molecule has 0 atom stereocenters. The lowest BCUT2D eigenvalue weighted by Crippen LogP contribution is -2.39. The molecule has 18 heavy (non-hydrogen) atoms. The van der Waals surface area contributed by atoms with Crippen molar-refractivity contribution in [2.75, 3.05) is 13.7 Å². The van der Waals surface area contributed by atoms with Gasteiger partial charge in [0.25, 0.3) is 5.78 Å². The van der Waals surface area contributed by atoms with Crippen LogP contribution >= 0.6 is 0 Å². The van der Waals surface area contributed by atoms with E-state index in [2.05, 4.69) is 19.7 Å². The first-order valence-corrected chi connectivity index (χ1v) is 4.91. The van der Waals surface area contributed by atoms with Gasteiger partial charge >= 0.3 is 11.9 Å². The smallest absolute Gasteiger partial charge is 0.405 e. The molecule has 0 aliphatic heterocycles. The van der Waals surface area contributed by atoms with Gasteiger partial charge in [-0.1, -0.05) is 0 Å². The Labute approximate surface area is 101 Å². The molecule has 0 amide bonds. The number of aromatic nitrogens is 2. The van der Waals surface area contributed by atoms with Gasteiger partial charge in [-0.3, -0.25) is 4.79 Å². The minimum absolute atomic E-state index is 0.0611. The van der Waals surface area contributed by atoms with Crippen LogP contribution in [0.1, 0.15) is 17.4 Å². The standard InChI is InChI=1S/C10H10F2N2O4/c1-3-18-9(16)10(11,12)8(15)6-4-5-7(17-2)14-13-6/h4-5H,3H2,1-2H3. The zero-order valence-corrected chi connectivity index (χ0v) is 9.65. The fourth-order valence-corrected chi connectivity index (χ4v) is 1.03. The zero-order valence-electron chi connectivity index (χ0n) is 9.65. The van der Waals surface area contributed by atoms with E-state index in [4.69, 9.17) is 0 Å². The number of methoxy groups -OCH3 is 1. The summed E-state index contributed by atoms with van der Waals surface area (Å²) in [6, 6.07) is 2.17. The Morgan fingerprint density at radius 3 is 2.44 bits per heavy atom. The van der Waals surface area contributed by atoms with E-state index in [0.29, 0.717) is 0 Å². The first-order chi connectivity index (χ1) is 8.43. The average Bonchev–Trinajstić information content (AvgIpc) is 2.38. The lowest BCUT2D eigenvalue weighted by atomic mass is 10.1. The van der Waals surface area contributed by atoms with Crippen molar-refractivity contribution in [3.63, 3.8) is 0 Å². The first-order valence-electron chi connectivity index (χ1n) is 4.91. The average molecular weight is 260 g/mol. The van der Waals surface area contributed by atoms with Gasteiger partial charge in [0.05, 0.1) is 13.7 Å². The molecule has 98 valence electrons. The van der Waals surface area contributed by atoms with E-state index in [0.717, 1.165) is 6.07 Å². The highest BCUT2D eigenvalue weighted by Gasteiger charge is 2.50. The number of esters is 1. The van der Waals surface area contributed by atoms with Crippen LogP contribution in [-0.2, 0) is 9.53 Å². The molecule has 0 spiro atoms. The van der Waals surface area contributed by atoms with Gasteiger partial charge < -0.3 is 9.47 Å². The maximum Gasteiger partial charge on any atom is 0.405 e. The lowest BCUT2D eigenvalue weighted by molar-refractivity contribution is -0.164. The van der Waals surface area contributed by atoms with E-state index in [9.17, 15) is 18.4 Å². The largest absolute Gasteiger partial charge is 0.480 e. The topological polar surface area (TPSA) is 78.4 Å². The van der Waals surface area contributed by atoms with E-state index < -0.39 is 23.4 Å². The molecule has 1 rings (SSSR count). The number of rotatable bonds is 5. The summed E-state index contributed by atoms with van der Waals surface area (Å²) >= 11 is 0. The second-order valence-electron chi connectivity index (χ2n) is 3.08. The zero-order chi connectivity index (χ0) is 13.8. The molecule has 0 fully saturated rings. The Morgan fingerprint density at radius 1 is 1.33 bits per heavy atom. The molecule has 8 heteroatoms. The Balaban J connectivity index is 2.94. The number of carbonyl (C=O) groups is 2. The first kappa shape index (κ1) is 13.9. The highest BCUT2D eigenvalue weighted by molar-refractivity contribution is 6.12. The van der Waals surface area contributed by atoms with Crippen LogP contribution < -0.4 is 4.74 Å². The van der Waals surface area contributed by atoms with Gasteiger partial charge in [-0.2, -0.15) is 8.78 Å². The maximum absolute atomic E-state index is 13.3. The van der Waals surface area contributed by atoms with Crippen LogP contribution in [0.25, 0.3) is 0 Å². The quantitative estimate of drug-likeness (QED) is 0.444. The van der Waals surface area contributed by atoms with E-state index in [1.165, 1.54) is 20.1 Å². The number of nitrogens with zero attached hydrogens (tertiary/aromatic N) is 2. The van der Waals surface area contributed by atoms with Crippen molar-refractivity contribution in [3.8, 4) is 5.88 Å². The molecule has 1 heterocycles. The summed E-state index contributed by atoms with van der Waals surface area (Å²) in [5.41, 5.74) is -0.645. The van der Waals surface area contributed by atoms with Gasteiger partial charge in [-0.25, -0.2) is 4.79 Å². The molecule has 1 aromatic heterocycles. The Kier molecular flexibility index (Phi) is 4.24. The van der Waals surface area contributed by atoms with E-state index in [1.807, 2.05) is 0 Å². The molecular weight excluding hydrogens is 250 g/mol. The lowest BCUT2D eigenvalue weighted by Gasteiger charge is -2.12. The molecule has 0 saturated heterocycles. The number of ether oxygens (including phenoxy) is 2. The number of carbonyl (C=O) groups excluding carboxylic acids is 2. The second-order valence-corrected chi connectivity index (χ2v) is 3.08. The molecule has 0 aliphatic carbocycles. The molecule has 1 aromatic rings.